The normalized spacial score (nSPS) is 43.1. The average molecular weight is 342 g/mol. The molecule has 108 valence electrons. The van der Waals surface area contributed by atoms with Gasteiger partial charge in [-0.3, -0.25) is 9.59 Å². The molecular weight excluding hydrogens is 326 g/mol. The number of alkyl halides is 1. The molecule has 4 rings (SSSR count). The van der Waals surface area contributed by atoms with E-state index in [4.69, 9.17) is 4.74 Å². The number of ether oxygens (including phenoxy) is 1. The van der Waals surface area contributed by atoms with Crippen molar-refractivity contribution < 1.29 is 19.4 Å². The van der Waals surface area contributed by atoms with E-state index in [1.54, 1.807) is 0 Å². The van der Waals surface area contributed by atoms with Crippen LogP contribution in [0.4, 0.5) is 0 Å². The van der Waals surface area contributed by atoms with Gasteiger partial charge in [-0.05, 0) is 36.3 Å². The molecule has 5 atom stereocenters. The van der Waals surface area contributed by atoms with Gasteiger partial charge in [0.25, 0.3) is 0 Å². The molecule has 3 fully saturated rings. The third-order valence-electron chi connectivity index (χ3n) is 5.19. The van der Waals surface area contributed by atoms with Crippen LogP contribution in [0.3, 0.4) is 0 Å². The van der Waals surface area contributed by atoms with Gasteiger partial charge in [-0.2, -0.15) is 0 Å². The molecule has 4 aliphatic rings. The van der Waals surface area contributed by atoms with Crippen LogP contribution in [0.2, 0.25) is 0 Å². The highest BCUT2D eigenvalue weighted by atomic mass is 79.9. The van der Waals surface area contributed by atoms with Crippen molar-refractivity contribution in [3.05, 3.63) is 11.6 Å². The van der Waals surface area contributed by atoms with Crippen LogP contribution in [-0.4, -0.2) is 40.6 Å². The van der Waals surface area contributed by atoms with Crippen LogP contribution in [0.15, 0.2) is 11.6 Å². The molecule has 1 spiro atoms. The lowest BCUT2D eigenvalue weighted by atomic mass is 9.71. The Morgan fingerprint density at radius 2 is 2.35 bits per heavy atom. The number of aliphatic carboxylic acids is 1. The van der Waals surface area contributed by atoms with Crippen LogP contribution in [0.1, 0.15) is 12.8 Å². The first-order valence-corrected chi connectivity index (χ1v) is 8.16. The summed E-state index contributed by atoms with van der Waals surface area (Å²) in [6.07, 6.45) is 4.04. The number of hydrogen-bond donors (Lipinski definition) is 2. The first kappa shape index (κ1) is 12.8. The second-order valence-electron chi connectivity index (χ2n) is 6.30. The second-order valence-corrected chi connectivity index (χ2v) is 6.94. The van der Waals surface area contributed by atoms with Crippen molar-refractivity contribution in [1.29, 1.82) is 0 Å². The maximum absolute atomic E-state index is 12.0. The van der Waals surface area contributed by atoms with Crippen LogP contribution in [0.5, 0.6) is 0 Å². The number of carbonyl (C=O) groups is 2. The van der Waals surface area contributed by atoms with Crippen molar-refractivity contribution in [3.8, 4) is 0 Å². The van der Waals surface area contributed by atoms with Gasteiger partial charge in [0.2, 0.25) is 5.91 Å². The molecule has 6 heteroatoms. The lowest BCUT2D eigenvalue weighted by molar-refractivity contribution is -0.146. The summed E-state index contributed by atoms with van der Waals surface area (Å²) in [4.78, 5) is 23.6. The fraction of sp³-hybridized carbons (Fsp3) is 0.714. The molecule has 3 heterocycles. The summed E-state index contributed by atoms with van der Waals surface area (Å²) in [6, 6.07) is 0. The standard InChI is InChI=1S/C14H16BrNO4/c15-4-8(6-1-2-6)7-3-14-5-16-12(17)10(14)9(13(18)19)11(7)20-14/h3,6,8-11H,1-2,4-5H2,(H,16,17)(H,18,19)/t8-,9?,10?,11?,14?/m1/s1. The van der Waals surface area contributed by atoms with Crippen molar-refractivity contribution in [3.63, 3.8) is 0 Å². The fourth-order valence-electron chi connectivity index (χ4n) is 4.12. The average Bonchev–Trinajstić information content (AvgIpc) is 2.99. The Morgan fingerprint density at radius 1 is 1.60 bits per heavy atom. The quantitative estimate of drug-likeness (QED) is 0.589. The Balaban J connectivity index is 1.75. The molecule has 1 amide bonds. The number of hydrogen-bond acceptors (Lipinski definition) is 3. The van der Waals surface area contributed by atoms with Crippen LogP contribution in [0.25, 0.3) is 0 Å². The molecule has 2 N–H and O–H groups in total. The Kier molecular flexibility index (Phi) is 2.61. The van der Waals surface area contributed by atoms with Crippen LogP contribution >= 0.6 is 15.9 Å². The van der Waals surface area contributed by atoms with Crippen molar-refractivity contribution in [2.45, 2.75) is 24.5 Å². The molecule has 0 aromatic heterocycles. The zero-order chi connectivity index (χ0) is 14.1. The highest BCUT2D eigenvalue weighted by Crippen LogP contribution is 2.56. The lowest BCUT2D eigenvalue weighted by Crippen LogP contribution is -2.41. The number of halogens is 1. The van der Waals surface area contributed by atoms with E-state index in [0.29, 0.717) is 18.4 Å². The third kappa shape index (κ3) is 1.52. The summed E-state index contributed by atoms with van der Waals surface area (Å²) in [5.74, 6) is -1.43. The highest BCUT2D eigenvalue weighted by molar-refractivity contribution is 9.09. The van der Waals surface area contributed by atoms with Crippen LogP contribution in [-0.2, 0) is 14.3 Å². The van der Waals surface area contributed by atoms with Gasteiger partial charge >= 0.3 is 5.97 Å². The minimum Gasteiger partial charge on any atom is -0.481 e. The van der Waals surface area contributed by atoms with E-state index in [-0.39, 0.29) is 5.91 Å². The number of carboxylic acid groups (broad SMARTS) is 1. The molecule has 2 saturated heterocycles. The lowest BCUT2D eigenvalue weighted by Gasteiger charge is -2.27. The van der Waals surface area contributed by atoms with E-state index >= 15 is 0 Å². The number of carbonyl (C=O) groups excluding carboxylic acids is 1. The molecule has 1 saturated carbocycles. The maximum atomic E-state index is 12.0. The summed E-state index contributed by atoms with van der Waals surface area (Å²) in [7, 11) is 0. The number of rotatable bonds is 4. The van der Waals surface area contributed by atoms with Crippen molar-refractivity contribution in [2.75, 3.05) is 11.9 Å². The summed E-state index contributed by atoms with van der Waals surface area (Å²) in [5, 5.41) is 13.1. The minimum absolute atomic E-state index is 0.183. The topological polar surface area (TPSA) is 75.6 Å². The van der Waals surface area contributed by atoms with Gasteiger partial charge in [0.15, 0.2) is 0 Å². The van der Waals surface area contributed by atoms with Gasteiger partial charge in [-0.15, -0.1) is 0 Å². The molecule has 4 unspecified atom stereocenters. The molecular formula is C14H16BrNO4. The van der Waals surface area contributed by atoms with Gasteiger partial charge in [0.1, 0.15) is 11.5 Å². The first-order chi connectivity index (χ1) is 9.57. The van der Waals surface area contributed by atoms with Crippen molar-refractivity contribution in [2.24, 2.45) is 23.7 Å². The summed E-state index contributed by atoms with van der Waals surface area (Å²) in [5.41, 5.74) is 0.389. The largest absolute Gasteiger partial charge is 0.481 e. The molecule has 0 aromatic carbocycles. The van der Waals surface area contributed by atoms with Crippen LogP contribution < -0.4 is 5.32 Å². The fourth-order valence-corrected chi connectivity index (χ4v) is 5.03. The zero-order valence-electron chi connectivity index (χ0n) is 10.8. The van der Waals surface area contributed by atoms with E-state index in [1.807, 2.05) is 0 Å². The molecule has 2 bridgehead atoms. The monoisotopic (exact) mass is 341 g/mol. The van der Waals surface area contributed by atoms with Gasteiger partial charge < -0.3 is 15.2 Å². The second kappa shape index (κ2) is 4.07. The van der Waals surface area contributed by atoms with E-state index in [2.05, 4.69) is 27.3 Å². The Labute approximate surface area is 124 Å². The van der Waals surface area contributed by atoms with Crippen molar-refractivity contribution in [1.82, 2.24) is 5.32 Å². The zero-order valence-corrected chi connectivity index (χ0v) is 12.4. The molecule has 0 aromatic rings. The van der Waals surface area contributed by atoms with E-state index < -0.39 is 29.5 Å². The first-order valence-electron chi connectivity index (χ1n) is 7.04. The predicted molar refractivity (Wildman–Crippen MR) is 73.3 cm³/mol. The van der Waals surface area contributed by atoms with Gasteiger partial charge in [-0.1, -0.05) is 15.9 Å². The molecule has 3 aliphatic heterocycles. The number of nitrogens with one attached hydrogen (secondary N) is 1. The Bertz CT molecular complexity index is 529. The predicted octanol–water partition coefficient (Wildman–Crippen LogP) is 0.932. The Hall–Kier alpha value is -0.880. The van der Waals surface area contributed by atoms with Crippen LogP contribution in [0, 0.1) is 23.7 Å². The summed E-state index contributed by atoms with van der Waals surface area (Å²) >= 11 is 3.55. The maximum Gasteiger partial charge on any atom is 0.310 e. The molecule has 0 radical (unpaired) electrons. The summed E-state index contributed by atoms with van der Waals surface area (Å²) < 4.78 is 6.02. The smallest absolute Gasteiger partial charge is 0.310 e. The third-order valence-corrected chi connectivity index (χ3v) is 5.89. The minimum atomic E-state index is -0.923. The number of carboxylic acids is 1. The summed E-state index contributed by atoms with van der Waals surface area (Å²) in [6.45, 7) is 0.403. The SMILES string of the molecule is O=C(O)C1C2OC3(C=C2[C@H](CBr)C2CC2)CNC(=O)C13. The Morgan fingerprint density at radius 3 is 2.95 bits per heavy atom. The van der Waals surface area contributed by atoms with E-state index in [0.717, 1.165) is 10.9 Å². The number of fused-ring (bicyclic) bond motifs is 1. The molecule has 1 aliphatic carbocycles. The van der Waals surface area contributed by atoms with Gasteiger partial charge in [0.05, 0.1) is 18.6 Å². The van der Waals surface area contributed by atoms with Gasteiger partial charge in [-0.25, -0.2) is 0 Å². The van der Waals surface area contributed by atoms with E-state index in [1.165, 1.54) is 12.8 Å². The highest BCUT2D eigenvalue weighted by Gasteiger charge is 2.68. The van der Waals surface area contributed by atoms with Gasteiger partial charge in [0, 0.05) is 5.33 Å². The molecule has 5 nitrogen and oxygen atoms in total. The van der Waals surface area contributed by atoms with E-state index in [9.17, 15) is 14.7 Å². The number of amides is 1. The molecule has 20 heavy (non-hydrogen) atoms. The van der Waals surface area contributed by atoms with Crippen molar-refractivity contribution >= 4 is 27.8 Å².